The number of carbonyl (C=O) groups is 1. The van der Waals surface area contributed by atoms with Crippen LogP contribution >= 0.6 is 0 Å². The summed E-state index contributed by atoms with van der Waals surface area (Å²) in [5, 5.41) is 10.1. The van der Waals surface area contributed by atoms with Crippen LogP contribution in [-0.2, 0) is 0 Å². The van der Waals surface area contributed by atoms with Crippen LogP contribution < -0.4 is 4.90 Å². The number of aromatic nitrogens is 1. The van der Waals surface area contributed by atoms with Crippen molar-refractivity contribution < 1.29 is 9.90 Å². The number of anilines is 1. The molecule has 0 spiro atoms. The van der Waals surface area contributed by atoms with E-state index in [9.17, 15) is 9.90 Å². The zero-order valence-corrected chi connectivity index (χ0v) is 11.0. The first kappa shape index (κ1) is 12.4. The summed E-state index contributed by atoms with van der Waals surface area (Å²) < 4.78 is 0. The van der Waals surface area contributed by atoms with E-state index in [1.807, 2.05) is 26.0 Å². The molecule has 0 aliphatic rings. The molecule has 0 fully saturated rings. The molecular formula is C14H16N2O2. The highest BCUT2D eigenvalue weighted by Gasteiger charge is 2.15. The summed E-state index contributed by atoms with van der Waals surface area (Å²) in [7, 11) is 3.59. The van der Waals surface area contributed by atoms with Gasteiger partial charge < -0.3 is 10.0 Å². The Morgan fingerprint density at radius 3 is 2.44 bits per heavy atom. The molecule has 2 rings (SSSR count). The highest BCUT2D eigenvalue weighted by molar-refractivity contribution is 5.99. The second-order valence-corrected chi connectivity index (χ2v) is 4.71. The van der Waals surface area contributed by atoms with E-state index < -0.39 is 5.97 Å². The second kappa shape index (κ2) is 4.29. The molecule has 2 aromatic rings. The first-order valence-corrected chi connectivity index (χ1v) is 5.73. The van der Waals surface area contributed by atoms with Gasteiger partial charge in [-0.2, -0.15) is 0 Å². The molecule has 1 N–H and O–H groups in total. The quantitative estimate of drug-likeness (QED) is 0.882. The number of pyridine rings is 1. The Kier molecular flexibility index (Phi) is 2.95. The molecule has 0 saturated heterocycles. The van der Waals surface area contributed by atoms with Crippen molar-refractivity contribution >= 4 is 22.7 Å². The van der Waals surface area contributed by atoms with E-state index in [1.165, 1.54) is 0 Å². The average molecular weight is 244 g/mol. The van der Waals surface area contributed by atoms with Gasteiger partial charge in [-0.15, -0.1) is 0 Å². The standard InChI is InChI=1S/C14H16N2O2/c1-8-5-9(2)10-7-11(14(17)18)13(16(3)4)15-12(10)6-8/h5-7H,1-4H3,(H,17,18). The van der Waals surface area contributed by atoms with Crippen molar-refractivity contribution in [3.8, 4) is 0 Å². The summed E-state index contributed by atoms with van der Waals surface area (Å²) in [6.07, 6.45) is 0. The van der Waals surface area contributed by atoms with Crippen LogP contribution in [0.5, 0.6) is 0 Å². The van der Waals surface area contributed by atoms with Crippen LogP contribution in [-0.4, -0.2) is 30.2 Å². The third kappa shape index (κ3) is 2.01. The molecule has 0 bridgehead atoms. The third-order valence-electron chi connectivity index (χ3n) is 2.92. The van der Waals surface area contributed by atoms with E-state index in [2.05, 4.69) is 4.98 Å². The monoisotopic (exact) mass is 244 g/mol. The number of hydrogen-bond acceptors (Lipinski definition) is 3. The summed E-state index contributed by atoms with van der Waals surface area (Å²) in [5.41, 5.74) is 3.24. The minimum atomic E-state index is -0.951. The van der Waals surface area contributed by atoms with Crippen LogP contribution in [0, 0.1) is 13.8 Å². The zero-order chi connectivity index (χ0) is 13.4. The molecule has 0 aliphatic heterocycles. The Hall–Kier alpha value is -2.10. The maximum atomic E-state index is 11.3. The van der Waals surface area contributed by atoms with E-state index in [-0.39, 0.29) is 5.56 Å². The van der Waals surface area contributed by atoms with Gasteiger partial charge in [0, 0.05) is 19.5 Å². The minimum absolute atomic E-state index is 0.236. The fourth-order valence-electron chi connectivity index (χ4n) is 2.12. The largest absolute Gasteiger partial charge is 0.478 e. The molecule has 4 heteroatoms. The molecule has 0 atom stereocenters. The number of hydrogen-bond donors (Lipinski definition) is 1. The summed E-state index contributed by atoms with van der Waals surface area (Å²) in [6.45, 7) is 3.98. The molecule has 1 aromatic carbocycles. The summed E-state index contributed by atoms with van der Waals surface area (Å²) in [5.74, 6) is -0.465. The van der Waals surface area contributed by atoms with Crippen LogP contribution in [0.3, 0.4) is 0 Å². The first-order valence-electron chi connectivity index (χ1n) is 5.73. The topological polar surface area (TPSA) is 53.4 Å². The number of rotatable bonds is 2. The number of fused-ring (bicyclic) bond motifs is 1. The molecule has 0 radical (unpaired) electrons. The maximum absolute atomic E-state index is 11.3. The van der Waals surface area contributed by atoms with Gasteiger partial charge in [0.1, 0.15) is 11.4 Å². The molecule has 1 heterocycles. The number of carboxylic acids is 1. The Bertz CT molecular complexity index is 633. The van der Waals surface area contributed by atoms with E-state index in [0.717, 1.165) is 22.0 Å². The minimum Gasteiger partial charge on any atom is -0.478 e. The first-order chi connectivity index (χ1) is 8.40. The zero-order valence-electron chi connectivity index (χ0n) is 11.0. The Morgan fingerprint density at radius 2 is 1.89 bits per heavy atom. The van der Waals surface area contributed by atoms with Gasteiger partial charge in [0.05, 0.1) is 5.52 Å². The van der Waals surface area contributed by atoms with Gasteiger partial charge in [-0.25, -0.2) is 9.78 Å². The highest BCUT2D eigenvalue weighted by Crippen LogP contribution is 2.25. The van der Waals surface area contributed by atoms with Gasteiger partial charge in [-0.1, -0.05) is 6.07 Å². The van der Waals surface area contributed by atoms with Crippen LogP contribution in [0.15, 0.2) is 18.2 Å². The molecule has 18 heavy (non-hydrogen) atoms. The van der Waals surface area contributed by atoms with Crippen molar-refractivity contribution in [2.75, 3.05) is 19.0 Å². The van der Waals surface area contributed by atoms with Crippen LogP contribution in [0.1, 0.15) is 21.5 Å². The van der Waals surface area contributed by atoms with Gasteiger partial charge in [0.15, 0.2) is 0 Å². The van der Waals surface area contributed by atoms with Gasteiger partial charge in [0.2, 0.25) is 0 Å². The lowest BCUT2D eigenvalue weighted by atomic mass is 10.0. The number of aromatic carboxylic acids is 1. The second-order valence-electron chi connectivity index (χ2n) is 4.71. The number of aryl methyl sites for hydroxylation is 2. The lowest BCUT2D eigenvalue weighted by Crippen LogP contribution is -2.16. The number of carboxylic acid groups (broad SMARTS) is 1. The Labute approximate surface area is 106 Å². The average Bonchev–Trinajstić information content (AvgIpc) is 2.26. The third-order valence-corrected chi connectivity index (χ3v) is 2.92. The van der Waals surface area contributed by atoms with Gasteiger partial charge in [-0.05, 0) is 37.1 Å². The molecular weight excluding hydrogens is 228 g/mol. The smallest absolute Gasteiger partial charge is 0.339 e. The lowest BCUT2D eigenvalue weighted by Gasteiger charge is -2.16. The molecule has 0 amide bonds. The lowest BCUT2D eigenvalue weighted by molar-refractivity contribution is 0.0697. The summed E-state index contributed by atoms with van der Waals surface area (Å²) >= 11 is 0. The van der Waals surface area contributed by atoms with E-state index in [4.69, 9.17) is 0 Å². The van der Waals surface area contributed by atoms with E-state index in [1.54, 1.807) is 25.1 Å². The molecule has 0 unspecified atom stereocenters. The van der Waals surface area contributed by atoms with Crippen LogP contribution in [0.25, 0.3) is 10.9 Å². The SMILES string of the molecule is Cc1cc(C)c2cc(C(=O)O)c(N(C)C)nc2c1. The molecule has 1 aromatic heterocycles. The van der Waals surface area contributed by atoms with Crippen LogP contribution in [0.2, 0.25) is 0 Å². The van der Waals surface area contributed by atoms with Crippen molar-refractivity contribution in [3.05, 3.63) is 34.9 Å². The Morgan fingerprint density at radius 1 is 1.22 bits per heavy atom. The fraction of sp³-hybridized carbons (Fsp3) is 0.286. The predicted octanol–water partition coefficient (Wildman–Crippen LogP) is 2.62. The predicted molar refractivity (Wildman–Crippen MR) is 72.5 cm³/mol. The fourth-order valence-corrected chi connectivity index (χ4v) is 2.12. The van der Waals surface area contributed by atoms with E-state index >= 15 is 0 Å². The molecule has 4 nitrogen and oxygen atoms in total. The Balaban J connectivity index is 2.84. The normalized spacial score (nSPS) is 10.7. The van der Waals surface area contributed by atoms with Gasteiger partial charge in [0.25, 0.3) is 0 Å². The highest BCUT2D eigenvalue weighted by atomic mass is 16.4. The summed E-state index contributed by atoms with van der Waals surface area (Å²) in [4.78, 5) is 17.5. The number of nitrogens with zero attached hydrogens (tertiary/aromatic N) is 2. The van der Waals surface area contributed by atoms with Gasteiger partial charge >= 0.3 is 5.97 Å². The number of benzene rings is 1. The van der Waals surface area contributed by atoms with Crippen molar-refractivity contribution in [3.63, 3.8) is 0 Å². The molecule has 0 aliphatic carbocycles. The molecule has 0 saturated carbocycles. The van der Waals surface area contributed by atoms with Crippen molar-refractivity contribution in [1.29, 1.82) is 0 Å². The van der Waals surface area contributed by atoms with Crippen molar-refractivity contribution in [2.45, 2.75) is 13.8 Å². The van der Waals surface area contributed by atoms with E-state index in [0.29, 0.717) is 5.82 Å². The molecule has 94 valence electrons. The summed E-state index contributed by atoms with van der Waals surface area (Å²) in [6, 6.07) is 5.71. The maximum Gasteiger partial charge on any atom is 0.339 e. The van der Waals surface area contributed by atoms with Crippen molar-refractivity contribution in [2.24, 2.45) is 0 Å². The van der Waals surface area contributed by atoms with Crippen molar-refractivity contribution in [1.82, 2.24) is 4.98 Å². The van der Waals surface area contributed by atoms with Gasteiger partial charge in [-0.3, -0.25) is 0 Å². The van der Waals surface area contributed by atoms with Crippen LogP contribution in [0.4, 0.5) is 5.82 Å².